The number of fused-ring (bicyclic) bond motifs is 2. The fourth-order valence-electron chi connectivity index (χ4n) is 4.92. The number of nitrogens with two attached hydrogens (primary N) is 1. The molecule has 3 aliphatic heterocycles. The lowest BCUT2D eigenvalue weighted by atomic mass is 10.1. The zero-order valence-electron chi connectivity index (χ0n) is 16.5. The zero-order chi connectivity index (χ0) is 20.0. The molecule has 4 aliphatic rings. The summed E-state index contributed by atoms with van der Waals surface area (Å²) in [5, 5.41) is 0. The predicted molar refractivity (Wildman–Crippen MR) is 109 cm³/mol. The van der Waals surface area contributed by atoms with Gasteiger partial charge in [0.1, 0.15) is 18.1 Å². The first-order valence-electron chi connectivity index (χ1n) is 10.7. The van der Waals surface area contributed by atoms with Crippen molar-refractivity contribution in [3.8, 4) is 0 Å². The van der Waals surface area contributed by atoms with Crippen molar-refractivity contribution >= 4 is 23.5 Å². The van der Waals surface area contributed by atoms with Crippen molar-refractivity contribution in [2.24, 2.45) is 10.9 Å². The van der Waals surface area contributed by atoms with Gasteiger partial charge in [-0.25, -0.2) is 4.39 Å². The van der Waals surface area contributed by atoms with E-state index in [2.05, 4.69) is 14.9 Å². The Morgan fingerprint density at radius 2 is 2.03 bits per heavy atom. The number of amides is 1. The number of aliphatic imine (C=N–C) groups is 1. The summed E-state index contributed by atoms with van der Waals surface area (Å²) in [6.45, 7) is 2.20. The Hall–Kier alpha value is -2.22. The van der Waals surface area contributed by atoms with Crippen LogP contribution in [0.1, 0.15) is 44.2 Å². The molecule has 1 aromatic rings. The summed E-state index contributed by atoms with van der Waals surface area (Å²) in [4.78, 5) is 25.7. The van der Waals surface area contributed by atoms with Crippen molar-refractivity contribution in [2.75, 3.05) is 30.3 Å². The van der Waals surface area contributed by atoms with E-state index in [-0.39, 0.29) is 24.2 Å². The molecule has 4 fully saturated rings. The second-order valence-corrected chi connectivity index (χ2v) is 8.62. The standard InChI is InChI=1S/C21H28FN5O2/c22-16-9-15(16)21(28)27-13-4-5-14(27)12-26(11-13)18-6-7-24-17(20(18)23)10-25-19-3-1-2-8-29-19/h6-7,10,13-16,19H,1-5,8-9,11-12,23H2/t13?,14?,15-,16-,19?/m1/s1. The number of carbonyl (C=O) groups excluding carboxylic acids is 1. The van der Waals surface area contributed by atoms with Crippen molar-refractivity contribution in [3.05, 3.63) is 18.0 Å². The van der Waals surface area contributed by atoms with Crippen LogP contribution in [-0.2, 0) is 9.53 Å². The van der Waals surface area contributed by atoms with E-state index in [0.717, 1.165) is 57.5 Å². The van der Waals surface area contributed by atoms with Crippen LogP contribution < -0.4 is 10.6 Å². The third-order valence-corrected chi connectivity index (χ3v) is 6.62. The number of nitrogens with zero attached hydrogens (tertiary/aromatic N) is 4. The second kappa shape index (κ2) is 7.55. The van der Waals surface area contributed by atoms with Crippen LogP contribution in [0.25, 0.3) is 0 Å². The number of halogens is 1. The number of pyridine rings is 1. The Morgan fingerprint density at radius 1 is 1.28 bits per heavy atom. The Labute approximate surface area is 170 Å². The molecule has 1 aliphatic carbocycles. The summed E-state index contributed by atoms with van der Waals surface area (Å²) < 4.78 is 19.0. The number of anilines is 2. The maximum absolute atomic E-state index is 13.4. The molecule has 8 heteroatoms. The van der Waals surface area contributed by atoms with Crippen molar-refractivity contribution in [1.82, 2.24) is 9.88 Å². The van der Waals surface area contributed by atoms with Crippen LogP contribution >= 0.6 is 0 Å². The van der Waals surface area contributed by atoms with Crippen LogP contribution in [0.3, 0.4) is 0 Å². The maximum atomic E-state index is 13.4. The van der Waals surface area contributed by atoms with Gasteiger partial charge in [-0.15, -0.1) is 0 Å². The molecule has 1 saturated carbocycles. The molecule has 2 bridgehead atoms. The van der Waals surface area contributed by atoms with E-state index in [1.807, 2.05) is 11.0 Å². The summed E-state index contributed by atoms with van der Waals surface area (Å²) >= 11 is 0. The van der Waals surface area contributed by atoms with Crippen molar-refractivity contribution < 1.29 is 13.9 Å². The van der Waals surface area contributed by atoms with Gasteiger partial charge in [0, 0.05) is 38.0 Å². The Kier molecular flexibility index (Phi) is 4.89. The molecule has 0 radical (unpaired) electrons. The Balaban J connectivity index is 1.30. The topological polar surface area (TPSA) is 84.0 Å². The van der Waals surface area contributed by atoms with Gasteiger partial charge in [-0.2, -0.15) is 0 Å². The van der Waals surface area contributed by atoms with Crippen LogP contribution in [0.4, 0.5) is 15.8 Å². The van der Waals surface area contributed by atoms with Gasteiger partial charge in [-0.3, -0.25) is 14.8 Å². The molecule has 0 aromatic carbocycles. The minimum atomic E-state index is -0.939. The molecule has 4 heterocycles. The first kappa shape index (κ1) is 18.8. The van der Waals surface area contributed by atoms with Gasteiger partial charge < -0.3 is 20.3 Å². The van der Waals surface area contributed by atoms with Crippen molar-refractivity contribution in [3.63, 3.8) is 0 Å². The minimum absolute atomic E-state index is 0.00709. The van der Waals surface area contributed by atoms with Gasteiger partial charge in [0.15, 0.2) is 0 Å². The number of nitrogen functional groups attached to an aromatic ring is 1. The third kappa shape index (κ3) is 3.58. The third-order valence-electron chi connectivity index (χ3n) is 6.62. The van der Waals surface area contributed by atoms with Gasteiger partial charge in [0.25, 0.3) is 0 Å². The number of hydrogen-bond donors (Lipinski definition) is 1. The molecule has 29 heavy (non-hydrogen) atoms. The smallest absolute Gasteiger partial charge is 0.229 e. The van der Waals surface area contributed by atoms with Gasteiger partial charge in [0.05, 0.1) is 23.5 Å². The number of alkyl halides is 1. The van der Waals surface area contributed by atoms with Crippen LogP contribution in [-0.4, -0.2) is 66.2 Å². The van der Waals surface area contributed by atoms with E-state index in [4.69, 9.17) is 10.5 Å². The van der Waals surface area contributed by atoms with Crippen LogP contribution in [0, 0.1) is 5.92 Å². The largest absolute Gasteiger partial charge is 0.395 e. The lowest BCUT2D eigenvalue weighted by Crippen LogP contribution is -2.56. The van der Waals surface area contributed by atoms with E-state index in [0.29, 0.717) is 17.8 Å². The van der Waals surface area contributed by atoms with Gasteiger partial charge in [-0.1, -0.05) is 0 Å². The first-order chi connectivity index (χ1) is 14.1. The molecule has 156 valence electrons. The average Bonchev–Trinajstić information content (AvgIpc) is 3.41. The molecule has 3 unspecified atom stereocenters. The van der Waals surface area contributed by atoms with Gasteiger partial charge in [0.2, 0.25) is 5.91 Å². The Bertz CT molecular complexity index is 798. The number of carbonyl (C=O) groups is 1. The lowest BCUT2D eigenvalue weighted by Gasteiger charge is -2.42. The molecule has 1 aromatic heterocycles. The van der Waals surface area contributed by atoms with Crippen LogP contribution in [0.15, 0.2) is 17.3 Å². The number of hydrogen-bond acceptors (Lipinski definition) is 6. The lowest BCUT2D eigenvalue weighted by molar-refractivity contribution is -0.136. The van der Waals surface area contributed by atoms with Gasteiger partial charge in [-0.05, 0) is 44.6 Å². The normalized spacial score (nSPS) is 34.0. The number of aromatic nitrogens is 1. The minimum Gasteiger partial charge on any atom is -0.395 e. The molecule has 2 N–H and O–H groups in total. The van der Waals surface area contributed by atoms with E-state index >= 15 is 0 Å². The first-order valence-corrected chi connectivity index (χ1v) is 10.7. The molecular weight excluding hydrogens is 373 g/mol. The molecule has 0 spiro atoms. The van der Waals surface area contributed by atoms with Gasteiger partial charge >= 0.3 is 0 Å². The summed E-state index contributed by atoms with van der Waals surface area (Å²) in [5.74, 6) is -0.395. The molecule has 5 rings (SSSR count). The highest BCUT2D eigenvalue weighted by atomic mass is 19.1. The van der Waals surface area contributed by atoms with E-state index < -0.39 is 12.1 Å². The monoisotopic (exact) mass is 401 g/mol. The highest BCUT2D eigenvalue weighted by Crippen LogP contribution is 2.41. The highest BCUT2D eigenvalue weighted by Gasteiger charge is 2.51. The average molecular weight is 401 g/mol. The molecule has 7 nitrogen and oxygen atoms in total. The number of piperazine rings is 1. The molecule has 1 amide bonds. The Morgan fingerprint density at radius 3 is 2.69 bits per heavy atom. The number of rotatable bonds is 4. The van der Waals surface area contributed by atoms with E-state index in [1.165, 1.54) is 0 Å². The molecule has 5 atom stereocenters. The van der Waals surface area contributed by atoms with Crippen LogP contribution in [0.2, 0.25) is 0 Å². The maximum Gasteiger partial charge on any atom is 0.229 e. The molecular formula is C21H28FN5O2. The molecule has 3 saturated heterocycles. The summed E-state index contributed by atoms with van der Waals surface area (Å²) in [6, 6.07) is 2.20. The quantitative estimate of drug-likeness (QED) is 0.782. The fourth-order valence-corrected chi connectivity index (χ4v) is 4.92. The number of ether oxygens (including phenoxy) is 1. The summed E-state index contributed by atoms with van der Waals surface area (Å²) in [7, 11) is 0. The fraction of sp³-hybridized carbons (Fsp3) is 0.667. The van der Waals surface area contributed by atoms with Crippen molar-refractivity contribution in [1.29, 1.82) is 0 Å². The zero-order valence-corrected chi connectivity index (χ0v) is 16.5. The van der Waals surface area contributed by atoms with E-state index in [9.17, 15) is 9.18 Å². The SMILES string of the molecule is Nc1c(N2CC3CCC(C2)N3C(=O)[C@@H]2C[C@H]2F)ccnc1C=NC1CCCCO1. The van der Waals surface area contributed by atoms with Crippen molar-refractivity contribution in [2.45, 2.75) is 63.0 Å². The second-order valence-electron chi connectivity index (χ2n) is 8.62. The van der Waals surface area contributed by atoms with Crippen LogP contribution in [0.5, 0.6) is 0 Å². The van der Waals surface area contributed by atoms with E-state index in [1.54, 1.807) is 12.4 Å². The summed E-state index contributed by atoms with van der Waals surface area (Å²) in [6.07, 6.45) is 7.89. The summed E-state index contributed by atoms with van der Waals surface area (Å²) in [5.41, 5.74) is 8.64. The predicted octanol–water partition coefficient (Wildman–Crippen LogP) is 2.15. The highest BCUT2D eigenvalue weighted by molar-refractivity contribution is 5.90.